The Balaban J connectivity index is 1.77. The van der Waals surface area contributed by atoms with Crippen LogP contribution in [0.3, 0.4) is 0 Å². The molecule has 0 aliphatic carbocycles. The number of thioether (sulfide) groups is 1. The average Bonchev–Trinajstić information content (AvgIpc) is 3.06. The van der Waals surface area contributed by atoms with E-state index in [1.54, 1.807) is 6.92 Å². The van der Waals surface area contributed by atoms with Gasteiger partial charge in [-0.2, -0.15) is 0 Å². The van der Waals surface area contributed by atoms with Crippen LogP contribution in [0.2, 0.25) is 0 Å². The quantitative estimate of drug-likeness (QED) is 0.466. The lowest BCUT2D eigenvalue weighted by atomic mass is 10.1. The van der Waals surface area contributed by atoms with Crippen LogP contribution < -0.4 is 4.74 Å². The minimum absolute atomic E-state index is 0.283. The van der Waals surface area contributed by atoms with Crippen molar-refractivity contribution in [2.75, 3.05) is 7.11 Å². The van der Waals surface area contributed by atoms with Crippen LogP contribution >= 0.6 is 11.8 Å². The van der Waals surface area contributed by atoms with E-state index in [0.717, 1.165) is 22.3 Å². The molecule has 2 aromatic carbocycles. The van der Waals surface area contributed by atoms with Crippen molar-refractivity contribution < 1.29 is 14.3 Å². The zero-order valence-corrected chi connectivity index (χ0v) is 15.8. The van der Waals surface area contributed by atoms with Crippen LogP contribution in [-0.4, -0.2) is 33.1 Å². The van der Waals surface area contributed by atoms with Crippen molar-refractivity contribution in [1.82, 2.24) is 14.8 Å². The van der Waals surface area contributed by atoms with Gasteiger partial charge in [-0.3, -0.25) is 4.79 Å². The fourth-order valence-corrected chi connectivity index (χ4v) is 3.63. The number of aromatic nitrogens is 3. The van der Waals surface area contributed by atoms with Gasteiger partial charge in [-0.1, -0.05) is 48.2 Å². The molecule has 0 saturated carbocycles. The molecule has 26 heavy (non-hydrogen) atoms. The molecule has 6 nitrogen and oxygen atoms in total. The third-order valence-electron chi connectivity index (χ3n) is 4.03. The van der Waals surface area contributed by atoms with Crippen molar-refractivity contribution in [1.29, 1.82) is 0 Å². The van der Waals surface area contributed by atoms with E-state index in [-0.39, 0.29) is 11.2 Å². The van der Waals surface area contributed by atoms with E-state index in [4.69, 9.17) is 9.47 Å². The maximum Gasteiger partial charge on any atom is 0.318 e. The standard InChI is InChI=1S/C19H21N3O3S/c1-4-22-17(20-21-19(22)26-13(2)18(23)24-3)12-25-16-11-7-9-14-8-5-6-10-15(14)16/h5-11,13H,4,12H2,1-3H3/t13-/m1/s1. The number of nitrogens with zero attached hydrogens (tertiary/aromatic N) is 3. The number of benzene rings is 2. The van der Waals surface area contributed by atoms with Crippen LogP contribution in [0.25, 0.3) is 10.8 Å². The monoisotopic (exact) mass is 371 g/mol. The second kappa shape index (κ2) is 8.23. The first-order valence-electron chi connectivity index (χ1n) is 8.41. The lowest BCUT2D eigenvalue weighted by molar-refractivity contribution is -0.139. The molecule has 0 aliphatic rings. The summed E-state index contributed by atoms with van der Waals surface area (Å²) in [7, 11) is 1.38. The second-order valence-electron chi connectivity index (χ2n) is 5.69. The molecule has 3 aromatic rings. The number of esters is 1. The third-order valence-corrected chi connectivity index (χ3v) is 5.09. The summed E-state index contributed by atoms with van der Waals surface area (Å²) >= 11 is 1.33. The Kier molecular flexibility index (Phi) is 5.78. The molecule has 0 unspecified atom stereocenters. The van der Waals surface area contributed by atoms with Crippen LogP contribution in [0, 0.1) is 0 Å². The van der Waals surface area contributed by atoms with Gasteiger partial charge in [0.25, 0.3) is 0 Å². The molecule has 0 spiro atoms. The summed E-state index contributed by atoms with van der Waals surface area (Å²) in [6.07, 6.45) is 0. The molecule has 0 aliphatic heterocycles. The summed E-state index contributed by atoms with van der Waals surface area (Å²) in [5.41, 5.74) is 0. The third kappa shape index (κ3) is 3.83. The number of fused-ring (bicyclic) bond motifs is 1. The number of ether oxygens (including phenoxy) is 2. The summed E-state index contributed by atoms with van der Waals surface area (Å²) in [5, 5.41) is 11.0. The molecule has 7 heteroatoms. The molecule has 0 bridgehead atoms. The van der Waals surface area contributed by atoms with Crippen LogP contribution in [0.4, 0.5) is 0 Å². The smallest absolute Gasteiger partial charge is 0.318 e. The molecule has 0 radical (unpaired) electrons. The van der Waals surface area contributed by atoms with E-state index in [9.17, 15) is 4.79 Å². The molecule has 3 rings (SSSR count). The van der Waals surface area contributed by atoms with Crippen molar-refractivity contribution in [3.63, 3.8) is 0 Å². The highest BCUT2D eigenvalue weighted by Crippen LogP contribution is 2.27. The van der Waals surface area contributed by atoms with Crippen molar-refractivity contribution in [2.45, 2.75) is 37.4 Å². The predicted molar refractivity (Wildman–Crippen MR) is 101 cm³/mol. The van der Waals surface area contributed by atoms with Gasteiger partial charge in [0, 0.05) is 11.9 Å². The van der Waals surface area contributed by atoms with Gasteiger partial charge >= 0.3 is 5.97 Å². The fourth-order valence-electron chi connectivity index (χ4n) is 2.67. The van der Waals surface area contributed by atoms with Gasteiger partial charge in [0.1, 0.15) is 17.6 Å². The van der Waals surface area contributed by atoms with E-state index in [1.807, 2.05) is 41.8 Å². The van der Waals surface area contributed by atoms with E-state index in [1.165, 1.54) is 18.9 Å². The van der Waals surface area contributed by atoms with E-state index < -0.39 is 0 Å². The van der Waals surface area contributed by atoms with Gasteiger partial charge < -0.3 is 14.0 Å². The molecule has 0 N–H and O–H groups in total. The Labute approximate surface area is 156 Å². The Morgan fingerprint density at radius 3 is 2.73 bits per heavy atom. The van der Waals surface area contributed by atoms with Gasteiger partial charge in [0.05, 0.1) is 7.11 Å². The highest BCUT2D eigenvalue weighted by Gasteiger charge is 2.20. The van der Waals surface area contributed by atoms with E-state index in [2.05, 4.69) is 22.3 Å². The lowest BCUT2D eigenvalue weighted by Gasteiger charge is -2.12. The Bertz CT molecular complexity index is 905. The minimum Gasteiger partial charge on any atom is -0.485 e. The van der Waals surface area contributed by atoms with Crippen molar-refractivity contribution in [3.05, 3.63) is 48.3 Å². The number of rotatable bonds is 7. The molecule has 0 amide bonds. The summed E-state index contributed by atoms with van der Waals surface area (Å²) in [5.74, 6) is 1.25. The lowest BCUT2D eigenvalue weighted by Crippen LogP contribution is -2.16. The second-order valence-corrected chi connectivity index (χ2v) is 7.00. The maximum atomic E-state index is 11.6. The Hall–Kier alpha value is -2.54. The number of methoxy groups -OCH3 is 1. The van der Waals surface area contributed by atoms with Crippen molar-refractivity contribution in [2.24, 2.45) is 0 Å². The first-order valence-corrected chi connectivity index (χ1v) is 9.29. The molecule has 0 saturated heterocycles. The average molecular weight is 371 g/mol. The summed E-state index contributed by atoms with van der Waals surface area (Å²) in [6, 6.07) is 14.1. The first-order chi connectivity index (χ1) is 12.6. The van der Waals surface area contributed by atoms with Crippen molar-refractivity contribution in [3.8, 4) is 5.75 Å². The normalized spacial score (nSPS) is 12.1. The van der Waals surface area contributed by atoms with E-state index >= 15 is 0 Å². The fraction of sp³-hybridized carbons (Fsp3) is 0.316. The highest BCUT2D eigenvalue weighted by atomic mass is 32.2. The zero-order valence-electron chi connectivity index (χ0n) is 15.0. The number of hydrogen-bond acceptors (Lipinski definition) is 6. The van der Waals surface area contributed by atoms with Gasteiger partial charge in [-0.05, 0) is 25.3 Å². The molecular weight excluding hydrogens is 350 g/mol. The van der Waals surface area contributed by atoms with Crippen LogP contribution in [0.5, 0.6) is 5.75 Å². The Morgan fingerprint density at radius 2 is 1.96 bits per heavy atom. The number of carbonyl (C=O) groups excluding carboxylic acids is 1. The van der Waals surface area contributed by atoms with Gasteiger partial charge in [0.2, 0.25) is 0 Å². The summed E-state index contributed by atoms with van der Waals surface area (Å²) < 4.78 is 12.7. The molecule has 1 atom stereocenters. The number of hydrogen-bond donors (Lipinski definition) is 0. The first kappa shape index (κ1) is 18.3. The zero-order chi connectivity index (χ0) is 18.5. The van der Waals surface area contributed by atoms with Crippen LogP contribution in [-0.2, 0) is 22.7 Å². The topological polar surface area (TPSA) is 66.2 Å². The number of carbonyl (C=O) groups is 1. The maximum absolute atomic E-state index is 11.6. The predicted octanol–water partition coefficient (Wildman–Crippen LogP) is 3.68. The minimum atomic E-state index is -0.346. The van der Waals surface area contributed by atoms with Crippen molar-refractivity contribution >= 4 is 28.5 Å². The SMILES string of the molecule is CCn1c(COc2cccc3ccccc23)nnc1S[C@H](C)C(=O)OC. The van der Waals surface area contributed by atoms with Gasteiger partial charge in [0.15, 0.2) is 11.0 Å². The largest absolute Gasteiger partial charge is 0.485 e. The van der Waals surface area contributed by atoms with Crippen LogP contribution in [0.1, 0.15) is 19.7 Å². The van der Waals surface area contributed by atoms with Gasteiger partial charge in [-0.15, -0.1) is 10.2 Å². The van der Waals surface area contributed by atoms with E-state index in [0.29, 0.717) is 18.3 Å². The molecule has 1 heterocycles. The molecular formula is C19H21N3O3S. The van der Waals surface area contributed by atoms with Crippen LogP contribution in [0.15, 0.2) is 47.6 Å². The molecule has 136 valence electrons. The molecule has 0 fully saturated rings. The summed E-state index contributed by atoms with van der Waals surface area (Å²) in [4.78, 5) is 11.6. The highest BCUT2D eigenvalue weighted by molar-refractivity contribution is 8.00. The summed E-state index contributed by atoms with van der Waals surface area (Å²) in [6.45, 7) is 4.80. The van der Waals surface area contributed by atoms with Gasteiger partial charge in [-0.25, -0.2) is 0 Å². The Morgan fingerprint density at radius 1 is 1.19 bits per heavy atom. The molecule has 1 aromatic heterocycles.